The Bertz CT molecular complexity index is 483. The van der Waals surface area contributed by atoms with Gasteiger partial charge in [0.05, 0.1) is 0 Å². The van der Waals surface area contributed by atoms with E-state index in [1.807, 2.05) is 0 Å². The van der Waals surface area contributed by atoms with Gasteiger partial charge in [-0.05, 0) is 73.0 Å². The van der Waals surface area contributed by atoms with Crippen molar-refractivity contribution in [1.82, 2.24) is 0 Å². The number of nitrogens with two attached hydrogens (primary N) is 1. The van der Waals surface area contributed by atoms with E-state index in [0.717, 1.165) is 5.92 Å². The number of aryl methyl sites for hydroxylation is 2. The lowest BCUT2D eigenvalue weighted by molar-refractivity contribution is 0.183. The average Bonchev–Trinajstić information content (AvgIpc) is 2.95. The van der Waals surface area contributed by atoms with Crippen molar-refractivity contribution in [2.45, 2.75) is 77.7 Å². The summed E-state index contributed by atoms with van der Waals surface area (Å²) in [4.78, 5) is 0. The highest BCUT2D eigenvalue weighted by molar-refractivity contribution is 5.36. The summed E-state index contributed by atoms with van der Waals surface area (Å²) in [5.41, 5.74) is 11.7. The van der Waals surface area contributed by atoms with E-state index in [0.29, 0.717) is 5.41 Å². The number of rotatable bonds is 4. The minimum atomic E-state index is 0.231. The fourth-order valence-corrected chi connectivity index (χ4v) is 4.83. The highest BCUT2D eigenvalue weighted by Crippen LogP contribution is 2.50. The van der Waals surface area contributed by atoms with Gasteiger partial charge in [-0.1, -0.05) is 44.9 Å². The van der Waals surface area contributed by atoms with E-state index in [1.54, 1.807) is 11.1 Å². The zero-order valence-corrected chi connectivity index (χ0v) is 13.8. The molecule has 1 nitrogen and oxygen atoms in total. The predicted octanol–water partition coefficient (Wildman–Crippen LogP) is 5.17. The van der Waals surface area contributed by atoms with Crippen molar-refractivity contribution >= 4 is 0 Å². The van der Waals surface area contributed by atoms with Crippen LogP contribution < -0.4 is 5.73 Å². The Morgan fingerprint density at radius 3 is 2.33 bits per heavy atom. The standard InChI is InChI=1S/C20H31N/c1-15(2)14-20(11-5-6-12-20)19(21)18-10-9-16-7-3-4-8-17(16)13-18/h9-10,13,15,19H,3-8,11-12,14,21H2,1-2H3. The van der Waals surface area contributed by atoms with Gasteiger partial charge in [-0.25, -0.2) is 0 Å². The molecular weight excluding hydrogens is 254 g/mol. The summed E-state index contributed by atoms with van der Waals surface area (Å²) >= 11 is 0. The highest BCUT2D eigenvalue weighted by atomic mass is 14.7. The fourth-order valence-electron chi connectivity index (χ4n) is 4.83. The largest absolute Gasteiger partial charge is 0.323 e. The molecule has 1 aromatic carbocycles. The van der Waals surface area contributed by atoms with Crippen molar-refractivity contribution in [3.8, 4) is 0 Å². The van der Waals surface area contributed by atoms with Gasteiger partial charge in [-0.15, -0.1) is 0 Å². The third kappa shape index (κ3) is 3.04. The van der Waals surface area contributed by atoms with Crippen LogP contribution in [0.2, 0.25) is 0 Å². The summed E-state index contributed by atoms with van der Waals surface area (Å²) in [6, 6.07) is 7.37. The summed E-state index contributed by atoms with van der Waals surface area (Å²) in [6.45, 7) is 4.69. The van der Waals surface area contributed by atoms with E-state index >= 15 is 0 Å². The molecule has 1 saturated carbocycles. The van der Waals surface area contributed by atoms with E-state index < -0.39 is 0 Å². The van der Waals surface area contributed by atoms with Gasteiger partial charge in [0.25, 0.3) is 0 Å². The third-order valence-corrected chi connectivity index (χ3v) is 5.81. The maximum Gasteiger partial charge on any atom is 0.0352 e. The minimum Gasteiger partial charge on any atom is -0.323 e. The molecular formula is C20H31N. The molecule has 1 atom stereocenters. The van der Waals surface area contributed by atoms with Crippen molar-refractivity contribution < 1.29 is 0 Å². The third-order valence-electron chi connectivity index (χ3n) is 5.81. The van der Waals surface area contributed by atoms with Crippen molar-refractivity contribution in [3.05, 3.63) is 34.9 Å². The van der Waals surface area contributed by atoms with Crippen LogP contribution in [0, 0.1) is 11.3 Å². The Kier molecular flexibility index (Phi) is 4.40. The van der Waals surface area contributed by atoms with Crippen molar-refractivity contribution in [3.63, 3.8) is 0 Å². The van der Waals surface area contributed by atoms with E-state index in [4.69, 9.17) is 5.73 Å². The molecule has 0 aromatic heterocycles. The summed E-state index contributed by atoms with van der Waals surface area (Å²) < 4.78 is 0. The van der Waals surface area contributed by atoms with Crippen molar-refractivity contribution in [1.29, 1.82) is 0 Å². The predicted molar refractivity (Wildman–Crippen MR) is 90.4 cm³/mol. The molecule has 0 saturated heterocycles. The zero-order chi connectivity index (χ0) is 14.9. The van der Waals surface area contributed by atoms with Gasteiger partial charge in [0.15, 0.2) is 0 Å². The van der Waals surface area contributed by atoms with Crippen LogP contribution in [0.4, 0.5) is 0 Å². The molecule has 0 spiro atoms. The van der Waals surface area contributed by atoms with Gasteiger partial charge in [0.1, 0.15) is 0 Å². The van der Waals surface area contributed by atoms with Gasteiger partial charge in [0, 0.05) is 6.04 Å². The normalized spacial score (nSPS) is 22.3. The van der Waals surface area contributed by atoms with Crippen LogP contribution in [0.5, 0.6) is 0 Å². The molecule has 2 aliphatic carbocycles. The Balaban J connectivity index is 1.87. The lowest BCUT2D eigenvalue weighted by Crippen LogP contribution is -2.33. The van der Waals surface area contributed by atoms with E-state index in [1.165, 1.54) is 63.4 Å². The first-order valence-corrected chi connectivity index (χ1v) is 8.98. The number of hydrogen-bond acceptors (Lipinski definition) is 1. The van der Waals surface area contributed by atoms with Gasteiger partial charge in [0.2, 0.25) is 0 Å². The average molecular weight is 285 g/mol. The maximum atomic E-state index is 6.82. The quantitative estimate of drug-likeness (QED) is 0.811. The molecule has 1 unspecified atom stereocenters. The first kappa shape index (κ1) is 15.1. The monoisotopic (exact) mass is 285 g/mol. The van der Waals surface area contributed by atoms with E-state index in [9.17, 15) is 0 Å². The molecule has 0 heterocycles. The molecule has 0 bridgehead atoms. The van der Waals surface area contributed by atoms with Crippen LogP contribution in [0.25, 0.3) is 0 Å². The summed E-state index contributed by atoms with van der Waals surface area (Å²) in [5, 5.41) is 0. The smallest absolute Gasteiger partial charge is 0.0352 e. The van der Waals surface area contributed by atoms with Gasteiger partial charge in [-0.2, -0.15) is 0 Å². The maximum absolute atomic E-state index is 6.82. The van der Waals surface area contributed by atoms with Crippen LogP contribution in [-0.2, 0) is 12.8 Å². The minimum absolute atomic E-state index is 0.231. The molecule has 1 heteroatoms. The zero-order valence-electron chi connectivity index (χ0n) is 13.8. The van der Waals surface area contributed by atoms with E-state index in [-0.39, 0.29) is 6.04 Å². The molecule has 2 N–H and O–H groups in total. The molecule has 3 rings (SSSR count). The SMILES string of the molecule is CC(C)CC1(C(N)c2ccc3c(c2)CCCC3)CCCC1. The second kappa shape index (κ2) is 6.12. The molecule has 0 amide bonds. The molecule has 116 valence electrons. The molecule has 2 aliphatic rings. The Hall–Kier alpha value is -0.820. The molecule has 1 fully saturated rings. The van der Waals surface area contributed by atoms with Gasteiger partial charge in [-0.3, -0.25) is 0 Å². The Morgan fingerprint density at radius 1 is 1.00 bits per heavy atom. The summed E-state index contributed by atoms with van der Waals surface area (Å²) in [7, 11) is 0. The second-order valence-electron chi connectivity index (χ2n) is 7.88. The molecule has 0 aliphatic heterocycles. The van der Waals surface area contributed by atoms with E-state index in [2.05, 4.69) is 32.0 Å². The summed E-state index contributed by atoms with van der Waals surface area (Å²) in [6.07, 6.45) is 11.9. The molecule has 1 aromatic rings. The van der Waals surface area contributed by atoms with Crippen molar-refractivity contribution in [2.24, 2.45) is 17.1 Å². The van der Waals surface area contributed by atoms with Crippen LogP contribution in [0.1, 0.15) is 81.5 Å². The summed E-state index contributed by atoms with van der Waals surface area (Å²) in [5.74, 6) is 0.742. The first-order valence-electron chi connectivity index (χ1n) is 8.98. The van der Waals surface area contributed by atoms with Crippen LogP contribution >= 0.6 is 0 Å². The lowest BCUT2D eigenvalue weighted by atomic mass is 9.70. The Labute approximate surface area is 130 Å². The highest BCUT2D eigenvalue weighted by Gasteiger charge is 2.40. The van der Waals surface area contributed by atoms with Gasteiger partial charge < -0.3 is 5.73 Å². The second-order valence-corrected chi connectivity index (χ2v) is 7.88. The number of hydrogen-bond donors (Lipinski definition) is 1. The lowest BCUT2D eigenvalue weighted by Gasteiger charge is -2.37. The topological polar surface area (TPSA) is 26.0 Å². The Morgan fingerprint density at radius 2 is 1.67 bits per heavy atom. The fraction of sp³-hybridized carbons (Fsp3) is 0.700. The molecule has 21 heavy (non-hydrogen) atoms. The molecule has 0 radical (unpaired) electrons. The first-order chi connectivity index (χ1) is 10.1. The van der Waals surface area contributed by atoms with Crippen LogP contribution in [-0.4, -0.2) is 0 Å². The van der Waals surface area contributed by atoms with Crippen LogP contribution in [0.15, 0.2) is 18.2 Å². The van der Waals surface area contributed by atoms with Gasteiger partial charge >= 0.3 is 0 Å². The van der Waals surface area contributed by atoms with Crippen molar-refractivity contribution in [2.75, 3.05) is 0 Å². The number of fused-ring (bicyclic) bond motifs is 1. The van der Waals surface area contributed by atoms with Crippen LogP contribution in [0.3, 0.4) is 0 Å². The number of benzene rings is 1.